The molecule has 210 valence electrons. The lowest BCUT2D eigenvalue weighted by Crippen LogP contribution is -2.43. The molecule has 10 heteroatoms. The fraction of sp³-hybridized carbons (Fsp3) is 0.433. The van der Waals surface area contributed by atoms with E-state index in [4.69, 9.17) is 9.72 Å². The van der Waals surface area contributed by atoms with Gasteiger partial charge in [-0.25, -0.2) is 14.6 Å². The Balaban J connectivity index is 1.48. The van der Waals surface area contributed by atoms with Gasteiger partial charge in [-0.3, -0.25) is 18.9 Å². The average molecular weight is 545 g/mol. The lowest BCUT2D eigenvalue weighted by molar-refractivity contribution is -0.120. The van der Waals surface area contributed by atoms with Crippen molar-refractivity contribution in [3.05, 3.63) is 58.6 Å². The summed E-state index contributed by atoms with van der Waals surface area (Å²) in [7, 11) is 1.75. The van der Waals surface area contributed by atoms with Crippen LogP contribution in [0.5, 0.6) is 0 Å². The van der Waals surface area contributed by atoms with Gasteiger partial charge < -0.3 is 15.0 Å². The first-order valence-corrected chi connectivity index (χ1v) is 13.8. The number of piperidine rings is 1. The molecule has 4 aromatic rings. The van der Waals surface area contributed by atoms with E-state index in [2.05, 4.69) is 10.3 Å². The number of hydrogen-bond donors (Lipinski definition) is 1. The second-order valence-electron chi connectivity index (χ2n) is 11.3. The number of amides is 2. The molecular weight excluding hydrogens is 508 g/mol. The summed E-state index contributed by atoms with van der Waals surface area (Å²) in [5.74, 6) is -0.00785. The molecule has 40 heavy (non-hydrogen) atoms. The van der Waals surface area contributed by atoms with Crippen LogP contribution < -0.4 is 11.0 Å². The van der Waals surface area contributed by atoms with Crippen molar-refractivity contribution in [3.63, 3.8) is 0 Å². The number of ether oxygens (including phenoxy) is 1. The molecule has 1 N–H and O–H groups in total. The van der Waals surface area contributed by atoms with Gasteiger partial charge in [0.05, 0.1) is 34.9 Å². The number of hydrogen-bond acceptors (Lipinski definition) is 6. The number of pyridine rings is 2. The first-order chi connectivity index (χ1) is 19.1. The monoisotopic (exact) mass is 544 g/mol. The number of imidazole rings is 1. The van der Waals surface area contributed by atoms with Crippen LogP contribution >= 0.6 is 0 Å². The summed E-state index contributed by atoms with van der Waals surface area (Å²) < 4.78 is 8.99. The number of fused-ring (bicyclic) bond motifs is 3. The summed E-state index contributed by atoms with van der Waals surface area (Å²) in [5.41, 5.74) is 4.75. The van der Waals surface area contributed by atoms with Gasteiger partial charge in [0, 0.05) is 38.3 Å². The van der Waals surface area contributed by atoms with Gasteiger partial charge in [0.15, 0.2) is 0 Å². The van der Waals surface area contributed by atoms with Gasteiger partial charge in [0.25, 0.3) is 0 Å². The fourth-order valence-corrected chi connectivity index (χ4v) is 5.26. The van der Waals surface area contributed by atoms with E-state index >= 15 is 0 Å². The second kappa shape index (κ2) is 10.7. The Morgan fingerprint density at radius 1 is 1.07 bits per heavy atom. The number of nitrogens with one attached hydrogen (secondary N) is 1. The Morgan fingerprint density at radius 3 is 2.42 bits per heavy atom. The third-order valence-electron chi connectivity index (χ3n) is 7.23. The molecular formula is C30H36N6O4. The molecule has 4 heterocycles. The van der Waals surface area contributed by atoms with Crippen molar-refractivity contribution in [3.8, 4) is 11.3 Å². The molecule has 1 aromatic carbocycles. The molecule has 0 radical (unpaired) electrons. The van der Waals surface area contributed by atoms with Gasteiger partial charge in [-0.05, 0) is 58.2 Å². The first kappa shape index (κ1) is 27.4. The molecule has 0 saturated carbocycles. The molecule has 1 saturated heterocycles. The van der Waals surface area contributed by atoms with E-state index in [9.17, 15) is 14.4 Å². The van der Waals surface area contributed by atoms with Crippen molar-refractivity contribution in [2.24, 2.45) is 7.05 Å². The van der Waals surface area contributed by atoms with Gasteiger partial charge >= 0.3 is 11.8 Å². The van der Waals surface area contributed by atoms with Crippen molar-refractivity contribution in [1.82, 2.24) is 29.3 Å². The molecule has 0 aliphatic carbocycles. The minimum Gasteiger partial charge on any atom is -0.444 e. The Morgan fingerprint density at radius 2 is 1.77 bits per heavy atom. The maximum atomic E-state index is 13.5. The van der Waals surface area contributed by atoms with Gasteiger partial charge in [0.1, 0.15) is 11.1 Å². The van der Waals surface area contributed by atoms with E-state index < -0.39 is 5.60 Å². The largest absolute Gasteiger partial charge is 0.444 e. The number of rotatable bonds is 5. The summed E-state index contributed by atoms with van der Waals surface area (Å²) in [6.45, 7) is 9.08. The predicted octanol–water partition coefficient (Wildman–Crippen LogP) is 4.20. The van der Waals surface area contributed by atoms with Gasteiger partial charge in [-0.2, -0.15) is 0 Å². The van der Waals surface area contributed by atoms with E-state index in [0.717, 1.165) is 22.3 Å². The molecule has 3 aromatic heterocycles. The van der Waals surface area contributed by atoms with Crippen molar-refractivity contribution >= 4 is 34.1 Å². The number of likely N-dealkylation sites (N-methyl/N-ethyl adjacent to an activating group) is 1. The minimum atomic E-state index is -0.556. The van der Waals surface area contributed by atoms with Gasteiger partial charge in [0.2, 0.25) is 5.91 Å². The van der Waals surface area contributed by atoms with Crippen LogP contribution in [0, 0.1) is 0 Å². The lowest BCUT2D eigenvalue weighted by atomic mass is 10.0. The number of nitrogens with zero attached hydrogens (tertiary/aromatic N) is 5. The van der Waals surface area contributed by atoms with E-state index in [-0.39, 0.29) is 23.7 Å². The summed E-state index contributed by atoms with van der Waals surface area (Å²) in [6, 6.07) is 11.6. The van der Waals surface area contributed by atoms with Crippen LogP contribution in [0.4, 0.5) is 4.79 Å². The van der Waals surface area contributed by atoms with Crippen LogP contribution in [0.1, 0.15) is 52.1 Å². The average Bonchev–Trinajstić information content (AvgIpc) is 3.18. The van der Waals surface area contributed by atoms with E-state index in [1.54, 1.807) is 22.7 Å². The quantitative estimate of drug-likeness (QED) is 0.403. The molecule has 0 spiro atoms. The number of carbonyl (C=O) groups is 2. The Kier molecular flexibility index (Phi) is 7.35. The van der Waals surface area contributed by atoms with Crippen LogP contribution in [0.3, 0.4) is 0 Å². The highest BCUT2D eigenvalue weighted by Gasteiger charge is 2.30. The van der Waals surface area contributed by atoms with E-state index in [1.807, 2.05) is 68.7 Å². The predicted molar refractivity (Wildman–Crippen MR) is 154 cm³/mol. The number of aromatic nitrogens is 4. The lowest BCUT2D eigenvalue weighted by Gasteiger charge is -2.33. The molecule has 1 aliphatic rings. The first-order valence-electron chi connectivity index (χ1n) is 13.8. The van der Waals surface area contributed by atoms with Crippen LogP contribution in [-0.2, 0) is 23.0 Å². The SMILES string of the molecule is CCNC(=O)Cc1ccc(-c2ccc3ncc4c(c3n2)n(C2CCN(C(=O)OC(C)(C)C)CC2)c(=O)n4C)cc1. The van der Waals surface area contributed by atoms with Gasteiger partial charge in [-0.1, -0.05) is 24.3 Å². The summed E-state index contributed by atoms with van der Waals surface area (Å²) in [4.78, 5) is 49.3. The highest BCUT2D eigenvalue weighted by Crippen LogP contribution is 2.31. The molecule has 0 bridgehead atoms. The molecule has 1 fully saturated rings. The zero-order valence-electron chi connectivity index (χ0n) is 23.7. The van der Waals surface area contributed by atoms with Crippen LogP contribution in [0.2, 0.25) is 0 Å². The summed E-state index contributed by atoms with van der Waals surface area (Å²) in [6.07, 6.45) is 2.99. The molecule has 5 rings (SSSR count). The van der Waals surface area contributed by atoms with Crippen molar-refractivity contribution in [2.75, 3.05) is 19.6 Å². The van der Waals surface area contributed by atoms with Crippen molar-refractivity contribution < 1.29 is 14.3 Å². The maximum absolute atomic E-state index is 13.5. The normalized spacial score (nSPS) is 14.6. The number of benzene rings is 1. The Labute approximate surface area is 233 Å². The van der Waals surface area contributed by atoms with E-state index in [0.29, 0.717) is 55.4 Å². The smallest absolute Gasteiger partial charge is 0.410 e. The zero-order valence-corrected chi connectivity index (χ0v) is 23.7. The molecule has 0 unspecified atom stereocenters. The van der Waals surface area contributed by atoms with Crippen molar-refractivity contribution in [2.45, 2.75) is 58.6 Å². The third kappa shape index (κ3) is 5.43. The standard InChI is InChI=1S/C30H36N6O4/c1-6-31-25(37)17-19-7-9-20(10-8-19)22-11-12-23-26(33-22)27-24(18-32-23)34(5)28(38)36(27)21-13-15-35(16-14-21)29(39)40-30(2,3)4/h7-12,18,21H,6,13-17H2,1-5H3,(H,31,37). The summed E-state index contributed by atoms with van der Waals surface area (Å²) in [5, 5.41) is 2.82. The van der Waals surface area contributed by atoms with E-state index in [1.165, 1.54) is 0 Å². The topological polar surface area (TPSA) is 111 Å². The van der Waals surface area contributed by atoms with Crippen LogP contribution in [0.15, 0.2) is 47.4 Å². The van der Waals surface area contributed by atoms with Crippen molar-refractivity contribution in [1.29, 1.82) is 0 Å². The molecule has 2 amide bonds. The minimum absolute atomic E-state index is 0.00785. The second-order valence-corrected chi connectivity index (χ2v) is 11.3. The summed E-state index contributed by atoms with van der Waals surface area (Å²) >= 11 is 0. The molecule has 1 aliphatic heterocycles. The number of carbonyl (C=O) groups excluding carboxylic acids is 2. The van der Waals surface area contributed by atoms with Crippen LogP contribution in [-0.4, -0.2) is 61.2 Å². The highest BCUT2D eigenvalue weighted by atomic mass is 16.6. The third-order valence-corrected chi connectivity index (χ3v) is 7.23. The van der Waals surface area contributed by atoms with Crippen LogP contribution in [0.25, 0.3) is 33.3 Å². The Bertz CT molecular complexity index is 1620. The fourth-order valence-electron chi connectivity index (χ4n) is 5.26. The number of likely N-dealkylation sites (tertiary alicyclic amines) is 1. The highest BCUT2D eigenvalue weighted by molar-refractivity contribution is 6.00. The Hall–Kier alpha value is -4.21. The van der Waals surface area contributed by atoms with Gasteiger partial charge in [-0.15, -0.1) is 0 Å². The molecule has 10 nitrogen and oxygen atoms in total. The maximum Gasteiger partial charge on any atom is 0.410 e. The number of aryl methyl sites for hydroxylation is 1. The molecule has 0 atom stereocenters. The zero-order chi connectivity index (χ0) is 28.6.